The third-order valence-corrected chi connectivity index (χ3v) is 7.15. The van der Waals surface area contributed by atoms with Crippen LogP contribution in [0.2, 0.25) is 0 Å². The molecule has 0 amide bonds. The molecule has 0 saturated heterocycles. The van der Waals surface area contributed by atoms with Gasteiger partial charge in [0.25, 0.3) is 5.56 Å². The summed E-state index contributed by atoms with van der Waals surface area (Å²) in [7, 11) is 0. The van der Waals surface area contributed by atoms with Crippen LogP contribution in [0.4, 0.5) is 13.2 Å². The van der Waals surface area contributed by atoms with Gasteiger partial charge in [-0.2, -0.15) is 13.2 Å². The third-order valence-electron chi connectivity index (χ3n) is 7.15. The van der Waals surface area contributed by atoms with Crippen molar-refractivity contribution in [3.63, 3.8) is 0 Å². The molecule has 1 radical (unpaired) electrons. The van der Waals surface area contributed by atoms with E-state index in [1.165, 1.54) is 12.3 Å². The normalized spacial score (nSPS) is 15.6. The molecule has 5 aromatic heterocycles. The van der Waals surface area contributed by atoms with Gasteiger partial charge in [0.1, 0.15) is 5.82 Å². The largest absolute Gasteiger partial charge is 0.429 e. The van der Waals surface area contributed by atoms with Gasteiger partial charge >= 0.3 is 6.18 Å². The molecule has 12 heteroatoms. The summed E-state index contributed by atoms with van der Waals surface area (Å²) < 4.78 is 38.5. The van der Waals surface area contributed by atoms with Crippen LogP contribution in [0.3, 0.4) is 0 Å². The maximum absolute atomic E-state index is 12.9. The van der Waals surface area contributed by atoms with Crippen LogP contribution in [0.15, 0.2) is 47.5 Å². The fourth-order valence-electron chi connectivity index (χ4n) is 5.63. The minimum atomic E-state index is -4.57. The Morgan fingerprint density at radius 2 is 1.71 bits per heavy atom. The molecule has 0 spiro atoms. The first-order valence-corrected chi connectivity index (χ1v) is 13.1. The fraction of sp³-hybridized carbons (Fsp3) is 0.400. The van der Waals surface area contributed by atoms with E-state index in [-0.39, 0.29) is 53.4 Å². The maximum Gasteiger partial charge on any atom is 0.429 e. The number of aromatic nitrogens is 7. The molecule has 8 nitrogen and oxygen atoms in total. The first-order valence-electron chi connectivity index (χ1n) is 13.1. The molecule has 0 N–H and O–H groups in total. The summed E-state index contributed by atoms with van der Waals surface area (Å²) in [6.45, 7) is 15.1. The molecule has 0 unspecified atom stereocenters. The van der Waals surface area contributed by atoms with Gasteiger partial charge in [0, 0.05) is 43.0 Å². The van der Waals surface area contributed by atoms with Crippen molar-refractivity contribution < 1.29 is 33.3 Å². The summed E-state index contributed by atoms with van der Waals surface area (Å²) in [6, 6.07) is 12.1. The average molecular weight is 754 g/mol. The van der Waals surface area contributed by atoms with Crippen molar-refractivity contribution >= 4 is 16.6 Å². The van der Waals surface area contributed by atoms with E-state index >= 15 is 0 Å². The topological polar surface area (TPSA) is 100 Å². The number of rotatable bonds is 1. The molecule has 42 heavy (non-hydrogen) atoms. The van der Waals surface area contributed by atoms with Crippen LogP contribution in [-0.2, 0) is 42.5 Å². The summed E-state index contributed by atoms with van der Waals surface area (Å²) in [6.07, 6.45) is -0.181. The van der Waals surface area contributed by atoms with Gasteiger partial charge in [-0.05, 0) is 52.6 Å². The second kappa shape index (κ2) is 10.6. The van der Waals surface area contributed by atoms with Crippen molar-refractivity contribution in [2.24, 2.45) is 0 Å². The minimum absolute atomic E-state index is 0. The molecule has 0 atom stereocenters. The van der Waals surface area contributed by atoms with Gasteiger partial charge in [-0.3, -0.25) is 14.9 Å². The summed E-state index contributed by atoms with van der Waals surface area (Å²) in [5.74, 6) is -1.37. The maximum atomic E-state index is 12.9. The molecule has 0 aliphatic heterocycles. The Kier molecular flexibility index (Phi) is 7.97. The molecule has 0 saturated carbocycles. The zero-order valence-electron chi connectivity index (χ0n) is 24.3. The van der Waals surface area contributed by atoms with Crippen LogP contribution in [0.1, 0.15) is 77.7 Å². The Hall–Kier alpha value is -3.50. The van der Waals surface area contributed by atoms with E-state index in [1.54, 1.807) is 12.1 Å². The van der Waals surface area contributed by atoms with Crippen LogP contribution in [0.25, 0.3) is 28.1 Å². The van der Waals surface area contributed by atoms with Gasteiger partial charge in [0.05, 0.1) is 11.3 Å². The molecular weight excluding hydrogens is 724 g/mol. The zero-order chi connectivity index (χ0) is 30.0. The standard InChI is InChI=1S/C22H26N3O.C8H4F3N4.Ir/c1-20(2,3)15-9-8-13-14(23-15)10-11-25-17-16(19(26)24-18(13)25)21(4,5)12-22(17,6)7;9-8(10,11)7-13-6(14-15-7)5-3-1-2-4-12-5;/h9-11H,12H2,1-7H3;1-4H;/q2*-1;. The number of hydrogen-bond acceptors (Lipinski definition) is 6. The Labute approximate surface area is 254 Å². The van der Waals surface area contributed by atoms with Crippen LogP contribution < -0.4 is 10.7 Å². The van der Waals surface area contributed by atoms with Gasteiger partial charge in [-0.15, -0.1) is 12.1 Å². The molecule has 6 rings (SSSR count). The molecule has 0 aromatic carbocycles. The molecule has 0 fully saturated rings. The number of alkyl halides is 3. The number of pyridine rings is 3. The molecule has 1 aliphatic rings. The molecule has 0 bridgehead atoms. The molecule has 1 aliphatic carbocycles. The number of hydrogen-bond donors (Lipinski definition) is 0. The molecular formula is C30H30F3IrN7O-2. The first-order chi connectivity index (χ1) is 19.0. The predicted molar refractivity (Wildman–Crippen MR) is 149 cm³/mol. The predicted octanol–water partition coefficient (Wildman–Crippen LogP) is 5.81. The smallest absolute Gasteiger partial charge is 0.413 e. The number of nitrogens with zero attached hydrogens (tertiary/aromatic N) is 7. The van der Waals surface area contributed by atoms with E-state index in [0.29, 0.717) is 5.65 Å². The molecule has 223 valence electrons. The second-order valence-corrected chi connectivity index (χ2v) is 12.6. The average Bonchev–Trinajstić information content (AvgIpc) is 3.45. The van der Waals surface area contributed by atoms with Crippen molar-refractivity contribution in [2.45, 2.75) is 77.3 Å². The van der Waals surface area contributed by atoms with Gasteiger partial charge < -0.3 is 19.5 Å². The third kappa shape index (κ3) is 5.74. The van der Waals surface area contributed by atoms with Gasteiger partial charge in [-0.25, -0.2) is 4.98 Å². The van der Waals surface area contributed by atoms with E-state index in [1.807, 2.05) is 18.3 Å². The quantitative estimate of drug-likeness (QED) is 0.157. The minimum Gasteiger partial charge on any atom is -0.413 e. The van der Waals surface area contributed by atoms with Crippen LogP contribution in [0, 0.1) is 6.07 Å². The molecule has 5 heterocycles. The van der Waals surface area contributed by atoms with Gasteiger partial charge in [-0.1, -0.05) is 66.0 Å². The van der Waals surface area contributed by atoms with Crippen molar-refractivity contribution in [2.75, 3.05) is 0 Å². The summed E-state index contributed by atoms with van der Waals surface area (Å²) in [5.41, 5.74) is 4.24. The second-order valence-electron chi connectivity index (χ2n) is 12.6. The Bertz CT molecular complexity index is 1820. The number of fused-ring (bicyclic) bond motifs is 5. The van der Waals surface area contributed by atoms with Crippen molar-refractivity contribution in [3.8, 4) is 11.5 Å². The van der Waals surface area contributed by atoms with E-state index in [2.05, 4.69) is 84.1 Å². The van der Waals surface area contributed by atoms with Crippen molar-refractivity contribution in [3.05, 3.63) is 81.9 Å². The summed E-state index contributed by atoms with van der Waals surface area (Å²) in [4.78, 5) is 29.3. The first kappa shape index (κ1) is 31.4. The monoisotopic (exact) mass is 754 g/mol. The molecule has 5 aromatic rings. The van der Waals surface area contributed by atoms with E-state index in [9.17, 15) is 18.0 Å². The summed E-state index contributed by atoms with van der Waals surface area (Å²) >= 11 is 0. The van der Waals surface area contributed by atoms with Crippen molar-refractivity contribution in [1.29, 1.82) is 0 Å². The zero-order valence-corrected chi connectivity index (χ0v) is 26.6. The Morgan fingerprint density at radius 1 is 1.00 bits per heavy atom. The van der Waals surface area contributed by atoms with Gasteiger partial charge in [0.2, 0.25) is 0 Å². The van der Waals surface area contributed by atoms with Gasteiger partial charge in [0.15, 0.2) is 0 Å². The summed E-state index contributed by atoms with van der Waals surface area (Å²) in [5, 5.41) is 7.05. The van der Waals surface area contributed by atoms with Crippen LogP contribution >= 0.6 is 0 Å². The SMILES string of the molecule is CC(C)(C)c1c[c-]c2c(ccn3c4c(c(=O)nc23)C(C)(C)CC4(C)C)n1.FC(F)(F)c1n[n-]c(-c2ccccn2)n1.[Ir]. The van der Waals surface area contributed by atoms with Crippen LogP contribution in [0.5, 0.6) is 0 Å². The Morgan fingerprint density at radius 3 is 2.31 bits per heavy atom. The fourth-order valence-corrected chi connectivity index (χ4v) is 5.63. The Balaban J connectivity index is 0.000000216. The number of halogens is 3. The van der Waals surface area contributed by atoms with Crippen LogP contribution in [-0.4, -0.2) is 29.4 Å². The van der Waals surface area contributed by atoms with E-state index in [4.69, 9.17) is 4.98 Å². The van der Waals surface area contributed by atoms with Crippen molar-refractivity contribution in [1.82, 2.24) is 34.5 Å². The van der Waals surface area contributed by atoms with E-state index in [0.717, 1.165) is 34.3 Å². The van der Waals surface area contributed by atoms with E-state index < -0.39 is 12.0 Å².